The van der Waals surface area contributed by atoms with E-state index in [1.807, 2.05) is 4.90 Å². The van der Waals surface area contributed by atoms with E-state index in [1.165, 1.54) is 12.1 Å². The van der Waals surface area contributed by atoms with Gasteiger partial charge in [0.05, 0.1) is 41.9 Å². The van der Waals surface area contributed by atoms with Crippen molar-refractivity contribution in [1.29, 1.82) is 0 Å². The maximum Gasteiger partial charge on any atom is 0.301 e. The number of ether oxygens (including phenoxy) is 1. The first-order chi connectivity index (χ1) is 19.0. The van der Waals surface area contributed by atoms with Crippen molar-refractivity contribution in [2.24, 2.45) is 5.92 Å². The Morgan fingerprint density at radius 1 is 1.20 bits per heavy atom. The summed E-state index contributed by atoms with van der Waals surface area (Å²) in [6, 6.07) is 4.49. The number of amides is 1. The van der Waals surface area contributed by atoms with Gasteiger partial charge in [-0.05, 0) is 32.9 Å². The summed E-state index contributed by atoms with van der Waals surface area (Å²) in [7, 11) is 0. The molecule has 2 aliphatic rings. The summed E-state index contributed by atoms with van der Waals surface area (Å²) in [6.45, 7) is 6.91. The number of aliphatic hydroxyl groups is 1. The number of alkyl halides is 2. The van der Waals surface area contributed by atoms with Crippen LogP contribution in [0, 0.1) is 18.7 Å². The topological polar surface area (TPSA) is 124 Å². The molecule has 0 aliphatic carbocycles. The van der Waals surface area contributed by atoms with Crippen molar-refractivity contribution in [3.8, 4) is 0 Å². The van der Waals surface area contributed by atoms with E-state index >= 15 is 4.39 Å². The van der Waals surface area contributed by atoms with Crippen LogP contribution in [0.5, 0.6) is 0 Å². The van der Waals surface area contributed by atoms with Gasteiger partial charge in [0.15, 0.2) is 5.82 Å². The van der Waals surface area contributed by atoms with Gasteiger partial charge < -0.3 is 29.9 Å². The zero-order chi connectivity index (χ0) is 28.8. The number of aliphatic hydroxyl groups excluding tert-OH is 1. The lowest BCUT2D eigenvalue weighted by Gasteiger charge is -2.38. The molecule has 13 heteroatoms. The summed E-state index contributed by atoms with van der Waals surface area (Å²) in [4.78, 5) is 32.1. The SMILES string of the molecule is Cc1nnc(N[C@H](C)c2cccc(C(F)(F)C(C)O)c2F)c2cc(N3CCN(C(=O)C4COC4)CC3)c(=O)[nH]c12. The van der Waals surface area contributed by atoms with Crippen molar-refractivity contribution in [2.75, 3.05) is 49.6 Å². The van der Waals surface area contributed by atoms with Crippen LogP contribution in [0.2, 0.25) is 0 Å². The molecule has 0 spiro atoms. The highest BCUT2D eigenvalue weighted by molar-refractivity contribution is 5.92. The van der Waals surface area contributed by atoms with E-state index in [4.69, 9.17) is 4.74 Å². The molecule has 1 aromatic carbocycles. The van der Waals surface area contributed by atoms with Crippen molar-refractivity contribution in [3.05, 3.63) is 57.3 Å². The number of carbonyl (C=O) groups is 1. The highest BCUT2D eigenvalue weighted by atomic mass is 19.3. The fourth-order valence-corrected chi connectivity index (χ4v) is 5.02. The van der Waals surface area contributed by atoms with Crippen molar-refractivity contribution in [1.82, 2.24) is 20.1 Å². The maximum absolute atomic E-state index is 15.2. The van der Waals surface area contributed by atoms with Gasteiger partial charge >= 0.3 is 5.92 Å². The minimum atomic E-state index is -3.77. The second kappa shape index (κ2) is 10.7. The predicted octanol–water partition coefficient (Wildman–Crippen LogP) is 2.71. The van der Waals surface area contributed by atoms with Crippen LogP contribution in [0.25, 0.3) is 10.9 Å². The van der Waals surface area contributed by atoms with Crippen molar-refractivity contribution in [2.45, 2.75) is 38.8 Å². The molecule has 2 fully saturated rings. The monoisotopic (exact) mass is 560 g/mol. The summed E-state index contributed by atoms with van der Waals surface area (Å²) < 4.78 is 49.3. The molecule has 2 aromatic heterocycles. The number of piperazine rings is 1. The Hall–Kier alpha value is -3.71. The zero-order valence-electron chi connectivity index (χ0n) is 22.4. The molecule has 3 aromatic rings. The van der Waals surface area contributed by atoms with E-state index in [2.05, 4.69) is 20.5 Å². The fourth-order valence-electron chi connectivity index (χ4n) is 5.02. The van der Waals surface area contributed by atoms with Crippen LogP contribution >= 0.6 is 0 Å². The largest absolute Gasteiger partial charge is 0.387 e. The molecule has 2 atom stereocenters. The summed E-state index contributed by atoms with van der Waals surface area (Å²) in [5.74, 6) is -4.71. The molecule has 5 rings (SSSR count). The zero-order valence-corrected chi connectivity index (χ0v) is 22.4. The first kappa shape index (κ1) is 27.8. The van der Waals surface area contributed by atoms with Gasteiger partial charge in [0, 0.05) is 37.1 Å². The Morgan fingerprint density at radius 2 is 1.90 bits per heavy atom. The number of nitrogens with one attached hydrogen (secondary N) is 2. The minimum absolute atomic E-state index is 0.0457. The molecule has 0 bridgehead atoms. The number of aryl methyl sites for hydroxylation is 1. The minimum Gasteiger partial charge on any atom is -0.387 e. The standard InChI is InChI=1S/C27H31F3N6O4/c1-14(18-5-4-6-20(22(18)28)27(29,30)16(3)37)31-24-19-11-21(25(38)32-23(19)15(2)33-34-24)35-7-9-36(10-8-35)26(39)17-12-40-13-17/h4-6,11,14,16-17,37H,7-10,12-13H2,1-3H3,(H,31,34)(H,32,38)/t14-,16?/m1/s1. The fraction of sp³-hybridized carbons (Fsp3) is 0.481. The number of anilines is 2. The summed E-state index contributed by atoms with van der Waals surface area (Å²) >= 11 is 0. The van der Waals surface area contributed by atoms with Crippen molar-refractivity contribution >= 4 is 28.3 Å². The second-order valence-electron chi connectivity index (χ2n) is 10.3. The Labute approximate surface area is 228 Å². The van der Waals surface area contributed by atoms with E-state index in [0.29, 0.717) is 61.7 Å². The number of pyridine rings is 1. The lowest BCUT2D eigenvalue weighted by Crippen LogP contribution is -2.53. The molecule has 1 unspecified atom stereocenters. The second-order valence-corrected chi connectivity index (χ2v) is 10.3. The number of halogens is 3. The molecule has 4 heterocycles. The van der Waals surface area contributed by atoms with Gasteiger partial charge in [-0.3, -0.25) is 9.59 Å². The Morgan fingerprint density at radius 3 is 2.52 bits per heavy atom. The Bertz CT molecular complexity index is 1490. The number of aromatic nitrogens is 3. The van der Waals surface area contributed by atoms with E-state index in [0.717, 1.165) is 13.0 Å². The normalized spacial score (nSPS) is 18.0. The van der Waals surface area contributed by atoms with Crippen LogP contribution in [0.4, 0.5) is 24.7 Å². The third-order valence-corrected chi connectivity index (χ3v) is 7.59. The van der Waals surface area contributed by atoms with Gasteiger partial charge in [-0.15, -0.1) is 5.10 Å². The lowest BCUT2D eigenvalue weighted by atomic mass is 9.97. The van der Waals surface area contributed by atoms with Crippen LogP contribution < -0.4 is 15.8 Å². The van der Waals surface area contributed by atoms with Gasteiger partial charge in [0.1, 0.15) is 17.6 Å². The Kier molecular flexibility index (Phi) is 7.44. The number of H-pyrrole nitrogens is 1. The number of hydrogen-bond donors (Lipinski definition) is 3. The number of fused-ring (bicyclic) bond motifs is 1. The van der Waals surface area contributed by atoms with E-state index in [9.17, 15) is 23.5 Å². The van der Waals surface area contributed by atoms with Crippen LogP contribution in [0.3, 0.4) is 0 Å². The maximum atomic E-state index is 15.2. The molecule has 3 N–H and O–H groups in total. The molecular formula is C27H31F3N6O4. The van der Waals surface area contributed by atoms with Gasteiger partial charge in [-0.25, -0.2) is 4.39 Å². The first-order valence-electron chi connectivity index (χ1n) is 13.1. The average Bonchev–Trinajstić information content (AvgIpc) is 2.89. The van der Waals surface area contributed by atoms with Crippen LogP contribution in [-0.2, 0) is 15.5 Å². The number of hydrogen-bond acceptors (Lipinski definition) is 8. The number of carbonyl (C=O) groups excluding carboxylic acids is 1. The average molecular weight is 561 g/mol. The quantitative estimate of drug-likeness (QED) is 0.403. The van der Waals surface area contributed by atoms with E-state index < -0.39 is 29.4 Å². The first-order valence-corrected chi connectivity index (χ1v) is 13.1. The molecule has 2 saturated heterocycles. The number of benzene rings is 1. The molecule has 0 radical (unpaired) electrons. The van der Waals surface area contributed by atoms with Crippen LogP contribution in [0.1, 0.15) is 36.7 Å². The number of rotatable bonds is 7. The third kappa shape index (κ3) is 4.99. The van der Waals surface area contributed by atoms with Crippen LogP contribution in [0.15, 0.2) is 29.1 Å². The molecular weight excluding hydrogens is 529 g/mol. The lowest BCUT2D eigenvalue weighted by molar-refractivity contribution is -0.150. The van der Waals surface area contributed by atoms with Crippen molar-refractivity contribution < 1.29 is 27.8 Å². The van der Waals surface area contributed by atoms with Gasteiger partial charge in [-0.2, -0.15) is 13.9 Å². The van der Waals surface area contributed by atoms with Gasteiger partial charge in [0.2, 0.25) is 5.91 Å². The molecule has 2 aliphatic heterocycles. The number of aromatic amines is 1. The predicted molar refractivity (Wildman–Crippen MR) is 142 cm³/mol. The Balaban J connectivity index is 1.42. The third-order valence-electron chi connectivity index (χ3n) is 7.59. The molecule has 214 valence electrons. The summed E-state index contributed by atoms with van der Waals surface area (Å²) in [5, 5.41) is 21.4. The summed E-state index contributed by atoms with van der Waals surface area (Å²) in [5.41, 5.74) is 0.0263. The summed E-state index contributed by atoms with van der Waals surface area (Å²) in [6.07, 6.45) is -2.07. The van der Waals surface area contributed by atoms with Gasteiger partial charge in [-0.1, -0.05) is 12.1 Å². The number of nitrogens with zero attached hydrogens (tertiary/aromatic N) is 4. The molecule has 1 amide bonds. The van der Waals surface area contributed by atoms with Crippen LogP contribution in [-0.4, -0.2) is 76.6 Å². The van der Waals surface area contributed by atoms with Gasteiger partial charge in [0.25, 0.3) is 5.56 Å². The molecule has 0 saturated carbocycles. The van der Waals surface area contributed by atoms with E-state index in [1.54, 1.807) is 24.8 Å². The highest BCUT2D eigenvalue weighted by Crippen LogP contribution is 2.36. The molecule has 40 heavy (non-hydrogen) atoms. The highest BCUT2D eigenvalue weighted by Gasteiger charge is 2.41. The van der Waals surface area contributed by atoms with Crippen molar-refractivity contribution in [3.63, 3.8) is 0 Å². The molecule has 10 nitrogen and oxygen atoms in total. The van der Waals surface area contributed by atoms with E-state index in [-0.39, 0.29) is 28.8 Å². The smallest absolute Gasteiger partial charge is 0.301 e.